The van der Waals surface area contributed by atoms with Gasteiger partial charge < -0.3 is 30.3 Å². The fourth-order valence-corrected chi connectivity index (χ4v) is 0.987. The summed E-state index contributed by atoms with van der Waals surface area (Å²) in [6, 6.07) is 0. The van der Waals surface area contributed by atoms with Crippen molar-refractivity contribution in [3.63, 3.8) is 0 Å². The molecule has 0 radical (unpaired) electrons. The Morgan fingerprint density at radius 1 is 1.29 bits per heavy atom. The van der Waals surface area contributed by atoms with Gasteiger partial charge in [-0.05, 0) is 0 Å². The van der Waals surface area contributed by atoms with E-state index in [9.17, 15) is 10.2 Å². The summed E-state index contributed by atoms with van der Waals surface area (Å²) in [5, 5.41) is 45.1. The van der Waals surface area contributed by atoms with Crippen molar-refractivity contribution in [1.29, 1.82) is 0 Å². The van der Waals surface area contributed by atoms with Crippen molar-refractivity contribution < 1.29 is 30.3 Å². The van der Waals surface area contributed by atoms with Gasteiger partial charge in [0.25, 0.3) is 0 Å². The average molecular weight is 208 g/mol. The minimum absolute atomic E-state index is 0.468. The van der Waals surface area contributed by atoms with Gasteiger partial charge in [-0.25, -0.2) is 0 Å². The summed E-state index contributed by atoms with van der Waals surface area (Å²) in [5.74, 6) is -0.468. The third-order valence-corrected chi connectivity index (χ3v) is 1.82. The second kappa shape index (κ2) is 5.94. The second-order valence-electron chi connectivity index (χ2n) is 2.88. The lowest BCUT2D eigenvalue weighted by Gasteiger charge is -2.27. The van der Waals surface area contributed by atoms with Crippen LogP contribution in [0.5, 0.6) is 0 Å². The van der Waals surface area contributed by atoms with Crippen molar-refractivity contribution in [2.75, 3.05) is 13.7 Å². The van der Waals surface area contributed by atoms with Crippen LogP contribution in [-0.2, 0) is 4.74 Å². The molecule has 0 aromatic rings. The number of ether oxygens (including phenoxy) is 1. The predicted molar refractivity (Wildman–Crippen MR) is 47.7 cm³/mol. The van der Waals surface area contributed by atoms with Gasteiger partial charge in [0.2, 0.25) is 0 Å². The van der Waals surface area contributed by atoms with E-state index in [1.807, 2.05) is 0 Å². The molecule has 6 nitrogen and oxygen atoms in total. The van der Waals surface area contributed by atoms with Crippen LogP contribution in [0, 0.1) is 0 Å². The SMILES string of the molecule is C=C(O)C(OC)C(O)C(O)C(O)CO. The molecule has 0 aromatic carbocycles. The Hall–Kier alpha value is -0.660. The summed E-state index contributed by atoms with van der Waals surface area (Å²) in [5.41, 5.74) is 0. The number of aliphatic hydroxyl groups is 5. The van der Waals surface area contributed by atoms with Crippen molar-refractivity contribution in [3.8, 4) is 0 Å². The molecule has 0 aliphatic heterocycles. The molecule has 14 heavy (non-hydrogen) atoms. The third-order valence-electron chi connectivity index (χ3n) is 1.82. The van der Waals surface area contributed by atoms with E-state index in [0.717, 1.165) is 0 Å². The molecule has 84 valence electrons. The normalized spacial score (nSPS) is 19.8. The van der Waals surface area contributed by atoms with Gasteiger partial charge in [0, 0.05) is 7.11 Å². The largest absolute Gasteiger partial charge is 0.510 e. The zero-order chi connectivity index (χ0) is 11.3. The molecule has 0 bridgehead atoms. The molecule has 5 N–H and O–H groups in total. The summed E-state index contributed by atoms with van der Waals surface area (Å²) >= 11 is 0. The summed E-state index contributed by atoms with van der Waals surface area (Å²) in [7, 11) is 1.20. The van der Waals surface area contributed by atoms with Crippen molar-refractivity contribution in [3.05, 3.63) is 12.3 Å². The summed E-state index contributed by atoms with van der Waals surface area (Å²) in [6.45, 7) is 2.43. The highest BCUT2D eigenvalue weighted by molar-refractivity contribution is 4.98. The van der Waals surface area contributed by atoms with Crippen molar-refractivity contribution >= 4 is 0 Å². The van der Waals surface area contributed by atoms with Crippen LogP contribution < -0.4 is 0 Å². The van der Waals surface area contributed by atoms with Crippen LogP contribution in [0.1, 0.15) is 0 Å². The molecule has 0 amide bonds. The summed E-state index contributed by atoms with van der Waals surface area (Å²) in [6.07, 6.45) is -5.87. The molecule has 0 aliphatic carbocycles. The van der Waals surface area contributed by atoms with Gasteiger partial charge in [0.1, 0.15) is 30.2 Å². The number of aliphatic hydroxyl groups excluding tert-OH is 5. The second-order valence-corrected chi connectivity index (χ2v) is 2.88. The summed E-state index contributed by atoms with van der Waals surface area (Å²) in [4.78, 5) is 0. The maximum Gasteiger partial charge on any atom is 0.142 e. The van der Waals surface area contributed by atoms with E-state index < -0.39 is 36.8 Å². The molecule has 0 saturated carbocycles. The van der Waals surface area contributed by atoms with E-state index in [1.165, 1.54) is 7.11 Å². The molecule has 0 aromatic heterocycles. The van der Waals surface area contributed by atoms with Crippen LogP contribution in [0.2, 0.25) is 0 Å². The maximum absolute atomic E-state index is 9.38. The maximum atomic E-state index is 9.38. The Labute approximate surface area is 81.7 Å². The van der Waals surface area contributed by atoms with Gasteiger partial charge in [0.05, 0.1) is 6.61 Å². The minimum Gasteiger partial charge on any atom is -0.510 e. The zero-order valence-corrected chi connectivity index (χ0v) is 7.87. The highest BCUT2D eigenvalue weighted by atomic mass is 16.5. The molecular formula is C8H16O6. The Balaban J connectivity index is 4.41. The Kier molecular flexibility index (Phi) is 5.66. The van der Waals surface area contributed by atoms with Crippen molar-refractivity contribution in [2.45, 2.75) is 24.4 Å². The number of hydrogen-bond donors (Lipinski definition) is 5. The van der Waals surface area contributed by atoms with Crippen molar-refractivity contribution in [1.82, 2.24) is 0 Å². The monoisotopic (exact) mass is 208 g/mol. The lowest BCUT2D eigenvalue weighted by molar-refractivity contribution is -0.120. The first-order valence-electron chi connectivity index (χ1n) is 4.01. The fourth-order valence-electron chi connectivity index (χ4n) is 0.987. The quantitative estimate of drug-likeness (QED) is 0.328. The molecule has 0 fully saturated rings. The van der Waals surface area contributed by atoms with Gasteiger partial charge in [0.15, 0.2) is 0 Å². The highest BCUT2D eigenvalue weighted by Gasteiger charge is 2.32. The third kappa shape index (κ3) is 3.24. The van der Waals surface area contributed by atoms with E-state index in [1.54, 1.807) is 0 Å². The number of methoxy groups -OCH3 is 1. The van der Waals surface area contributed by atoms with Gasteiger partial charge in [-0.15, -0.1) is 0 Å². The van der Waals surface area contributed by atoms with Gasteiger partial charge >= 0.3 is 0 Å². The molecule has 0 heterocycles. The molecule has 4 unspecified atom stereocenters. The van der Waals surface area contributed by atoms with E-state index in [2.05, 4.69) is 11.3 Å². The molecule has 6 heteroatoms. The van der Waals surface area contributed by atoms with E-state index in [4.69, 9.17) is 15.3 Å². The van der Waals surface area contributed by atoms with Crippen LogP contribution in [-0.4, -0.2) is 63.7 Å². The Morgan fingerprint density at radius 2 is 1.79 bits per heavy atom. The van der Waals surface area contributed by atoms with Crippen LogP contribution in [0.3, 0.4) is 0 Å². The first-order chi connectivity index (χ1) is 6.45. The number of hydrogen-bond acceptors (Lipinski definition) is 6. The van der Waals surface area contributed by atoms with Crippen molar-refractivity contribution in [2.24, 2.45) is 0 Å². The van der Waals surface area contributed by atoms with Gasteiger partial charge in [-0.2, -0.15) is 0 Å². The first kappa shape index (κ1) is 13.3. The lowest BCUT2D eigenvalue weighted by atomic mass is 10.0. The zero-order valence-electron chi connectivity index (χ0n) is 7.87. The molecular weight excluding hydrogens is 192 g/mol. The molecule has 0 rings (SSSR count). The standard InChI is InChI=1S/C8H16O6/c1-4(10)8(14-2)7(13)6(12)5(11)3-9/h5-13H,1,3H2,2H3. The predicted octanol–water partition coefficient (Wildman–Crippen LogP) is -1.85. The highest BCUT2D eigenvalue weighted by Crippen LogP contribution is 2.12. The van der Waals surface area contributed by atoms with E-state index >= 15 is 0 Å². The Morgan fingerprint density at radius 3 is 2.07 bits per heavy atom. The van der Waals surface area contributed by atoms with Crippen LogP contribution >= 0.6 is 0 Å². The smallest absolute Gasteiger partial charge is 0.142 e. The van der Waals surface area contributed by atoms with E-state index in [0.29, 0.717) is 0 Å². The van der Waals surface area contributed by atoms with Crippen LogP contribution in [0.15, 0.2) is 12.3 Å². The summed E-state index contributed by atoms with van der Waals surface area (Å²) < 4.78 is 4.64. The minimum atomic E-state index is -1.62. The molecule has 0 spiro atoms. The lowest BCUT2D eigenvalue weighted by Crippen LogP contribution is -2.47. The molecule has 0 aliphatic rings. The van der Waals surface area contributed by atoms with E-state index in [-0.39, 0.29) is 0 Å². The van der Waals surface area contributed by atoms with Gasteiger partial charge in [-0.1, -0.05) is 6.58 Å². The molecule has 0 saturated heterocycles. The topological polar surface area (TPSA) is 110 Å². The van der Waals surface area contributed by atoms with Gasteiger partial charge in [-0.3, -0.25) is 0 Å². The first-order valence-corrected chi connectivity index (χ1v) is 4.01. The fraction of sp³-hybridized carbons (Fsp3) is 0.750. The van der Waals surface area contributed by atoms with Crippen LogP contribution in [0.25, 0.3) is 0 Å². The molecule has 4 atom stereocenters. The number of rotatable bonds is 6. The average Bonchev–Trinajstić information content (AvgIpc) is 2.15. The van der Waals surface area contributed by atoms with Crippen LogP contribution in [0.4, 0.5) is 0 Å². The Bertz CT molecular complexity index is 183.